The Bertz CT molecular complexity index is 485. The number of nitriles is 1. The van der Waals surface area contributed by atoms with E-state index in [0.29, 0.717) is 0 Å². The van der Waals surface area contributed by atoms with Gasteiger partial charge >= 0.3 is 5.97 Å². The third kappa shape index (κ3) is 1.82. The average Bonchev–Trinajstić information content (AvgIpc) is 2.69. The van der Waals surface area contributed by atoms with E-state index in [9.17, 15) is 4.79 Å². The Morgan fingerprint density at radius 3 is 2.94 bits per heavy atom. The first kappa shape index (κ1) is 10.4. The van der Waals surface area contributed by atoms with Crippen LogP contribution in [0.3, 0.4) is 0 Å². The minimum Gasteiger partial charge on any atom is -0.446 e. The number of fused-ring (bicyclic) bond motifs is 1. The van der Waals surface area contributed by atoms with Crippen molar-refractivity contribution >= 4 is 12.0 Å². The van der Waals surface area contributed by atoms with Crippen LogP contribution in [-0.4, -0.2) is 12.1 Å². The molecule has 2 unspecified atom stereocenters. The molecule has 0 heterocycles. The summed E-state index contributed by atoms with van der Waals surface area (Å²) in [6, 6.07) is 9.82. The summed E-state index contributed by atoms with van der Waals surface area (Å²) < 4.78 is 4.99. The second-order valence-corrected chi connectivity index (χ2v) is 3.67. The van der Waals surface area contributed by atoms with E-state index in [1.165, 1.54) is 6.92 Å². The fourth-order valence-electron chi connectivity index (χ4n) is 1.90. The molecule has 0 saturated carbocycles. The molecule has 0 N–H and O–H groups in total. The molecule has 1 aromatic rings. The van der Waals surface area contributed by atoms with Gasteiger partial charge in [0.15, 0.2) is 6.10 Å². The summed E-state index contributed by atoms with van der Waals surface area (Å²) in [5, 5.41) is 9.00. The zero-order chi connectivity index (χ0) is 11.5. The number of rotatable bonds is 2. The highest BCUT2D eigenvalue weighted by Gasteiger charge is 2.27. The van der Waals surface area contributed by atoms with Crippen molar-refractivity contribution in [2.75, 3.05) is 0 Å². The van der Waals surface area contributed by atoms with Gasteiger partial charge < -0.3 is 4.74 Å². The van der Waals surface area contributed by atoms with Crippen LogP contribution in [-0.2, 0) is 9.53 Å². The molecular formula is C13H11NO2. The Balaban J connectivity index is 2.27. The van der Waals surface area contributed by atoms with Gasteiger partial charge in [0.05, 0.1) is 5.92 Å². The van der Waals surface area contributed by atoms with Crippen LogP contribution < -0.4 is 0 Å². The second kappa shape index (κ2) is 4.19. The molecule has 16 heavy (non-hydrogen) atoms. The maximum absolute atomic E-state index is 10.9. The van der Waals surface area contributed by atoms with Gasteiger partial charge in [0.25, 0.3) is 0 Å². The monoisotopic (exact) mass is 213 g/mol. The van der Waals surface area contributed by atoms with E-state index in [1.54, 1.807) is 0 Å². The molecule has 80 valence electrons. The normalized spacial score (nSPS) is 18.6. The van der Waals surface area contributed by atoms with Crippen molar-refractivity contribution in [2.24, 2.45) is 0 Å². The molecule has 1 aromatic carbocycles. The summed E-state index contributed by atoms with van der Waals surface area (Å²) in [4.78, 5) is 10.9. The van der Waals surface area contributed by atoms with Crippen molar-refractivity contribution in [3.8, 4) is 6.07 Å². The highest BCUT2D eigenvalue weighted by molar-refractivity contribution is 5.68. The summed E-state index contributed by atoms with van der Waals surface area (Å²) in [5.74, 6) is -0.575. The fraction of sp³-hybridized carbons (Fsp3) is 0.231. The maximum Gasteiger partial charge on any atom is 0.303 e. The van der Waals surface area contributed by atoms with Gasteiger partial charge in [-0.15, -0.1) is 0 Å². The molecule has 0 aromatic heterocycles. The third-order valence-corrected chi connectivity index (χ3v) is 2.58. The van der Waals surface area contributed by atoms with Gasteiger partial charge in [-0.25, -0.2) is 0 Å². The fourth-order valence-corrected chi connectivity index (χ4v) is 1.90. The minimum absolute atomic E-state index is 0.148. The van der Waals surface area contributed by atoms with E-state index >= 15 is 0 Å². The van der Waals surface area contributed by atoms with Gasteiger partial charge in [-0.2, -0.15) is 5.26 Å². The van der Waals surface area contributed by atoms with Gasteiger partial charge in [-0.05, 0) is 11.1 Å². The molecule has 3 heteroatoms. The zero-order valence-electron chi connectivity index (χ0n) is 8.88. The Kier molecular flexibility index (Phi) is 2.74. The van der Waals surface area contributed by atoms with E-state index in [4.69, 9.17) is 10.00 Å². The van der Waals surface area contributed by atoms with Gasteiger partial charge in [-0.1, -0.05) is 36.4 Å². The summed E-state index contributed by atoms with van der Waals surface area (Å²) in [7, 11) is 0. The number of carbonyl (C=O) groups excluding carboxylic acids is 1. The molecule has 0 amide bonds. The molecule has 0 saturated heterocycles. The van der Waals surface area contributed by atoms with Crippen LogP contribution in [0.2, 0.25) is 0 Å². The van der Waals surface area contributed by atoms with Crippen molar-refractivity contribution in [2.45, 2.75) is 18.9 Å². The van der Waals surface area contributed by atoms with Gasteiger partial charge in [-0.3, -0.25) is 4.79 Å². The number of carbonyl (C=O) groups is 1. The predicted octanol–water partition coefficient (Wildman–Crippen LogP) is 2.25. The first-order valence-electron chi connectivity index (χ1n) is 5.06. The summed E-state index contributed by atoms with van der Waals surface area (Å²) in [6.45, 7) is 1.31. The first-order chi connectivity index (χ1) is 7.72. The molecule has 0 bridgehead atoms. The van der Waals surface area contributed by atoms with Crippen molar-refractivity contribution in [1.29, 1.82) is 5.26 Å². The molecule has 1 aliphatic carbocycles. The lowest BCUT2D eigenvalue weighted by molar-refractivity contribution is -0.144. The van der Waals surface area contributed by atoms with Crippen molar-refractivity contribution in [3.63, 3.8) is 0 Å². The van der Waals surface area contributed by atoms with Crippen molar-refractivity contribution < 1.29 is 9.53 Å². The third-order valence-electron chi connectivity index (χ3n) is 2.58. The maximum atomic E-state index is 10.9. The predicted molar refractivity (Wildman–Crippen MR) is 59.4 cm³/mol. The number of hydrogen-bond donors (Lipinski definition) is 0. The van der Waals surface area contributed by atoms with Gasteiger partial charge in [0.1, 0.15) is 6.07 Å². The Labute approximate surface area is 94.0 Å². The standard InChI is InChI=1S/C13H11NO2/c1-9(15)16-13(8-14)12-7-6-10-4-2-3-5-11(10)12/h2-7,12-13H,1H3. The molecule has 0 fully saturated rings. The van der Waals surface area contributed by atoms with E-state index in [-0.39, 0.29) is 5.92 Å². The summed E-state index contributed by atoms with van der Waals surface area (Å²) >= 11 is 0. The molecule has 3 nitrogen and oxygen atoms in total. The lowest BCUT2D eigenvalue weighted by Gasteiger charge is -2.16. The molecular weight excluding hydrogens is 202 g/mol. The average molecular weight is 213 g/mol. The Morgan fingerprint density at radius 2 is 2.25 bits per heavy atom. The SMILES string of the molecule is CC(=O)OC(C#N)C1C=Cc2ccccc21. The van der Waals surface area contributed by atoms with E-state index in [1.807, 2.05) is 42.5 Å². The molecule has 0 radical (unpaired) electrons. The van der Waals surface area contributed by atoms with Crippen LogP contribution in [0.1, 0.15) is 24.0 Å². The first-order valence-corrected chi connectivity index (χ1v) is 5.06. The van der Waals surface area contributed by atoms with Crippen molar-refractivity contribution in [1.82, 2.24) is 0 Å². The van der Waals surface area contributed by atoms with Crippen LogP contribution in [0.15, 0.2) is 30.3 Å². The number of hydrogen-bond acceptors (Lipinski definition) is 3. The minimum atomic E-state index is -0.739. The molecule has 2 atom stereocenters. The topological polar surface area (TPSA) is 50.1 Å². The largest absolute Gasteiger partial charge is 0.446 e. The van der Waals surface area contributed by atoms with E-state index in [0.717, 1.165) is 11.1 Å². The summed E-state index contributed by atoms with van der Waals surface area (Å²) in [6.07, 6.45) is 3.12. The van der Waals surface area contributed by atoms with Gasteiger partial charge in [0.2, 0.25) is 0 Å². The Hall–Kier alpha value is -2.08. The lowest BCUT2D eigenvalue weighted by Crippen LogP contribution is -2.20. The quantitative estimate of drug-likeness (QED) is 0.708. The van der Waals surface area contributed by atoms with Crippen LogP contribution >= 0.6 is 0 Å². The van der Waals surface area contributed by atoms with Gasteiger partial charge in [0, 0.05) is 6.92 Å². The highest BCUT2D eigenvalue weighted by atomic mass is 16.5. The van der Waals surface area contributed by atoms with E-state index in [2.05, 4.69) is 0 Å². The summed E-state index contributed by atoms with van der Waals surface area (Å²) in [5.41, 5.74) is 2.12. The number of esters is 1. The molecule has 2 rings (SSSR count). The zero-order valence-corrected chi connectivity index (χ0v) is 8.88. The smallest absolute Gasteiger partial charge is 0.303 e. The molecule has 0 aliphatic heterocycles. The number of benzene rings is 1. The molecule has 0 spiro atoms. The second-order valence-electron chi connectivity index (χ2n) is 3.67. The van der Waals surface area contributed by atoms with Crippen LogP contribution in [0, 0.1) is 11.3 Å². The van der Waals surface area contributed by atoms with Crippen LogP contribution in [0.5, 0.6) is 0 Å². The molecule has 1 aliphatic rings. The Morgan fingerprint density at radius 1 is 1.50 bits per heavy atom. The van der Waals surface area contributed by atoms with Crippen LogP contribution in [0.4, 0.5) is 0 Å². The number of ether oxygens (including phenoxy) is 1. The lowest BCUT2D eigenvalue weighted by atomic mass is 9.96. The highest BCUT2D eigenvalue weighted by Crippen LogP contribution is 2.33. The van der Waals surface area contributed by atoms with Crippen LogP contribution in [0.25, 0.3) is 6.08 Å². The number of nitrogens with zero attached hydrogens (tertiary/aromatic N) is 1. The van der Waals surface area contributed by atoms with E-state index < -0.39 is 12.1 Å². The van der Waals surface area contributed by atoms with Crippen molar-refractivity contribution in [3.05, 3.63) is 41.5 Å².